The van der Waals surface area contributed by atoms with Crippen LogP contribution in [0.5, 0.6) is 0 Å². The van der Waals surface area contributed by atoms with E-state index < -0.39 is 0 Å². The van der Waals surface area contributed by atoms with Crippen molar-refractivity contribution in [3.63, 3.8) is 0 Å². The van der Waals surface area contributed by atoms with Crippen molar-refractivity contribution in [1.82, 2.24) is 4.90 Å². The molecule has 0 rings (SSSR count). The summed E-state index contributed by atoms with van der Waals surface area (Å²) >= 11 is 0. The molecule has 1 radical (unpaired) electrons. The van der Waals surface area contributed by atoms with Crippen LogP contribution in [0.1, 0.15) is 33.6 Å². The fourth-order valence-electron chi connectivity index (χ4n) is 0.944. The van der Waals surface area contributed by atoms with Gasteiger partial charge in [-0.15, -0.1) is 0 Å². The van der Waals surface area contributed by atoms with Crippen LogP contribution in [0.4, 0.5) is 0 Å². The molecule has 0 aromatic rings. The van der Waals surface area contributed by atoms with E-state index in [-0.39, 0.29) is 0 Å². The summed E-state index contributed by atoms with van der Waals surface area (Å²) in [6, 6.07) is 0. The molecule has 0 spiro atoms. The summed E-state index contributed by atoms with van der Waals surface area (Å²) in [5.74, 6) is 0. The first-order valence-electron chi connectivity index (χ1n) is 3.88. The Morgan fingerprint density at radius 2 is 1.56 bits per heavy atom. The lowest BCUT2D eigenvalue weighted by Crippen LogP contribution is -2.20. The standard InChI is InChI=1S/C8H18N/c1-4-7-9(6-3)8-5-2/h6H,4-5,7-8H2,1-3H3. The Bertz CT molecular complexity index is 46.5. The van der Waals surface area contributed by atoms with Crippen LogP contribution in [-0.4, -0.2) is 18.0 Å². The van der Waals surface area contributed by atoms with Gasteiger partial charge in [0.2, 0.25) is 0 Å². The minimum atomic E-state index is 1.21. The lowest BCUT2D eigenvalue weighted by molar-refractivity contribution is 0.338. The average molecular weight is 128 g/mol. The van der Waals surface area contributed by atoms with Gasteiger partial charge in [-0.1, -0.05) is 13.8 Å². The van der Waals surface area contributed by atoms with Crippen molar-refractivity contribution >= 4 is 0 Å². The van der Waals surface area contributed by atoms with Crippen molar-refractivity contribution in [3.05, 3.63) is 6.54 Å². The van der Waals surface area contributed by atoms with E-state index in [0.29, 0.717) is 0 Å². The molecule has 1 nitrogen and oxygen atoms in total. The number of rotatable bonds is 5. The van der Waals surface area contributed by atoms with Gasteiger partial charge in [0.05, 0.1) is 0 Å². The third-order valence-corrected chi connectivity index (χ3v) is 1.39. The van der Waals surface area contributed by atoms with E-state index in [4.69, 9.17) is 0 Å². The molecular weight excluding hydrogens is 110 g/mol. The Kier molecular flexibility index (Phi) is 6.06. The summed E-state index contributed by atoms with van der Waals surface area (Å²) in [7, 11) is 0. The Morgan fingerprint density at radius 1 is 1.11 bits per heavy atom. The first-order chi connectivity index (χ1) is 4.35. The van der Waals surface area contributed by atoms with E-state index in [2.05, 4.69) is 32.2 Å². The van der Waals surface area contributed by atoms with Gasteiger partial charge < -0.3 is 0 Å². The highest BCUT2D eigenvalue weighted by Gasteiger charge is 1.96. The highest BCUT2D eigenvalue weighted by atomic mass is 15.1. The molecule has 0 bridgehead atoms. The van der Waals surface area contributed by atoms with Gasteiger partial charge >= 0.3 is 0 Å². The topological polar surface area (TPSA) is 3.24 Å². The summed E-state index contributed by atoms with van der Waals surface area (Å²) in [6.45, 7) is 11.1. The van der Waals surface area contributed by atoms with Crippen molar-refractivity contribution < 1.29 is 0 Å². The molecular formula is C8H18N. The van der Waals surface area contributed by atoms with E-state index in [1.807, 2.05) is 0 Å². The molecule has 0 amide bonds. The van der Waals surface area contributed by atoms with Crippen molar-refractivity contribution in [2.75, 3.05) is 13.1 Å². The van der Waals surface area contributed by atoms with Crippen molar-refractivity contribution in [1.29, 1.82) is 0 Å². The third-order valence-electron chi connectivity index (χ3n) is 1.39. The predicted octanol–water partition coefficient (Wildman–Crippen LogP) is 2.29. The maximum atomic E-state index is 2.36. The van der Waals surface area contributed by atoms with Crippen LogP contribution >= 0.6 is 0 Å². The van der Waals surface area contributed by atoms with E-state index >= 15 is 0 Å². The van der Waals surface area contributed by atoms with Gasteiger partial charge in [-0.25, -0.2) is 0 Å². The van der Waals surface area contributed by atoms with Gasteiger partial charge in [-0.3, -0.25) is 4.90 Å². The molecule has 0 aromatic carbocycles. The van der Waals surface area contributed by atoms with Crippen LogP contribution in [0, 0.1) is 6.54 Å². The molecule has 0 fully saturated rings. The van der Waals surface area contributed by atoms with Gasteiger partial charge in [0.1, 0.15) is 0 Å². The minimum absolute atomic E-state index is 1.21. The lowest BCUT2D eigenvalue weighted by atomic mass is 10.3. The van der Waals surface area contributed by atoms with Crippen LogP contribution in [0.25, 0.3) is 0 Å². The number of hydrogen-bond donors (Lipinski definition) is 0. The van der Waals surface area contributed by atoms with Gasteiger partial charge in [-0.2, -0.15) is 0 Å². The Labute approximate surface area is 59.1 Å². The highest BCUT2D eigenvalue weighted by Crippen LogP contribution is 1.95. The predicted molar refractivity (Wildman–Crippen MR) is 42.1 cm³/mol. The molecule has 0 aliphatic rings. The molecule has 0 saturated heterocycles. The second kappa shape index (κ2) is 6.09. The quantitative estimate of drug-likeness (QED) is 0.549. The number of hydrogen-bond acceptors (Lipinski definition) is 1. The van der Waals surface area contributed by atoms with Crippen molar-refractivity contribution in [2.45, 2.75) is 33.6 Å². The van der Waals surface area contributed by atoms with E-state index in [1.165, 1.54) is 25.9 Å². The highest BCUT2D eigenvalue weighted by molar-refractivity contribution is 4.60. The third kappa shape index (κ3) is 4.46. The first kappa shape index (κ1) is 8.96. The zero-order valence-electron chi connectivity index (χ0n) is 6.85. The van der Waals surface area contributed by atoms with Crippen LogP contribution in [0.3, 0.4) is 0 Å². The Hall–Kier alpha value is -0.0400. The molecule has 0 N–H and O–H groups in total. The van der Waals surface area contributed by atoms with Gasteiger partial charge in [0, 0.05) is 6.54 Å². The van der Waals surface area contributed by atoms with Crippen molar-refractivity contribution in [3.8, 4) is 0 Å². The van der Waals surface area contributed by atoms with Crippen LogP contribution in [0.2, 0.25) is 0 Å². The van der Waals surface area contributed by atoms with E-state index in [0.717, 1.165) is 0 Å². The fourth-order valence-corrected chi connectivity index (χ4v) is 0.944. The van der Waals surface area contributed by atoms with Gasteiger partial charge in [0.25, 0.3) is 0 Å². The lowest BCUT2D eigenvalue weighted by Gasteiger charge is -2.17. The Morgan fingerprint density at radius 3 is 1.78 bits per heavy atom. The average Bonchev–Trinajstić information content (AvgIpc) is 1.88. The molecule has 0 saturated carbocycles. The van der Waals surface area contributed by atoms with Gasteiger partial charge in [0.15, 0.2) is 0 Å². The molecule has 0 aliphatic carbocycles. The SMILES string of the molecule is C[CH]N(CCC)CCC. The number of nitrogens with zero attached hydrogens (tertiary/aromatic N) is 1. The summed E-state index contributed by atoms with van der Waals surface area (Å²) in [6.07, 6.45) is 2.51. The summed E-state index contributed by atoms with van der Waals surface area (Å²) in [5, 5.41) is 0. The summed E-state index contributed by atoms with van der Waals surface area (Å²) in [5.41, 5.74) is 0. The molecule has 0 aliphatic heterocycles. The fraction of sp³-hybridized carbons (Fsp3) is 0.875. The minimum Gasteiger partial charge on any atom is -0.299 e. The monoisotopic (exact) mass is 128 g/mol. The molecule has 55 valence electrons. The maximum absolute atomic E-state index is 2.36. The second-order valence-electron chi connectivity index (χ2n) is 2.29. The normalized spacial score (nSPS) is 10.7. The molecule has 0 atom stereocenters. The molecule has 9 heavy (non-hydrogen) atoms. The zero-order valence-corrected chi connectivity index (χ0v) is 6.85. The smallest absolute Gasteiger partial charge is 0.0220 e. The molecule has 1 heteroatoms. The largest absolute Gasteiger partial charge is 0.299 e. The maximum Gasteiger partial charge on any atom is 0.0220 e. The first-order valence-corrected chi connectivity index (χ1v) is 3.88. The van der Waals surface area contributed by atoms with Crippen molar-refractivity contribution in [2.24, 2.45) is 0 Å². The molecule has 0 heterocycles. The summed E-state index contributed by atoms with van der Waals surface area (Å²) in [4.78, 5) is 2.36. The second-order valence-corrected chi connectivity index (χ2v) is 2.29. The van der Waals surface area contributed by atoms with Crippen LogP contribution < -0.4 is 0 Å². The zero-order chi connectivity index (χ0) is 7.11. The molecule has 0 unspecified atom stereocenters. The van der Waals surface area contributed by atoms with E-state index in [1.54, 1.807) is 0 Å². The Balaban J connectivity index is 3.18. The van der Waals surface area contributed by atoms with Gasteiger partial charge in [-0.05, 0) is 32.9 Å². The van der Waals surface area contributed by atoms with Crippen LogP contribution in [-0.2, 0) is 0 Å². The summed E-state index contributed by atoms with van der Waals surface area (Å²) < 4.78 is 0. The van der Waals surface area contributed by atoms with Crippen LogP contribution in [0.15, 0.2) is 0 Å². The molecule has 0 aromatic heterocycles. The van der Waals surface area contributed by atoms with E-state index in [9.17, 15) is 0 Å².